The summed E-state index contributed by atoms with van der Waals surface area (Å²) >= 11 is 0. The number of unbranched alkanes of at least 4 members (excludes halogenated alkanes) is 1. The number of aliphatic hydroxyl groups is 1. The fraction of sp³-hybridized carbons (Fsp3) is 0.909. The van der Waals surface area contributed by atoms with Gasteiger partial charge in [0.25, 0.3) is 0 Å². The third-order valence-corrected chi connectivity index (χ3v) is 2.58. The molecular weight excluding hydrogens is 176 g/mol. The summed E-state index contributed by atoms with van der Waals surface area (Å²) in [5.41, 5.74) is 0. The lowest BCUT2D eigenvalue weighted by Gasteiger charge is -2.29. The summed E-state index contributed by atoms with van der Waals surface area (Å²) in [7, 11) is 0. The van der Waals surface area contributed by atoms with Gasteiger partial charge in [0.05, 0.1) is 12.7 Å². The van der Waals surface area contributed by atoms with Gasteiger partial charge in [0.15, 0.2) is 0 Å². The first-order chi connectivity index (χ1) is 6.79. The SMILES string of the molecule is CCC(CC)N(CCO)CCCC#N. The molecule has 1 N–H and O–H groups in total. The van der Waals surface area contributed by atoms with E-state index in [-0.39, 0.29) is 6.61 Å². The summed E-state index contributed by atoms with van der Waals surface area (Å²) in [6.45, 7) is 6.22. The molecule has 0 rings (SSSR count). The van der Waals surface area contributed by atoms with Crippen LogP contribution in [-0.2, 0) is 0 Å². The Kier molecular flexibility index (Phi) is 8.61. The molecule has 0 unspecified atom stereocenters. The van der Waals surface area contributed by atoms with E-state index in [1.165, 1.54) is 0 Å². The number of nitrogens with zero attached hydrogens (tertiary/aromatic N) is 2. The third-order valence-electron chi connectivity index (χ3n) is 2.58. The van der Waals surface area contributed by atoms with Crippen molar-refractivity contribution in [2.24, 2.45) is 0 Å². The predicted molar refractivity (Wildman–Crippen MR) is 57.9 cm³/mol. The van der Waals surface area contributed by atoms with E-state index in [1.807, 2.05) is 0 Å². The van der Waals surface area contributed by atoms with Crippen LogP contribution in [0.25, 0.3) is 0 Å². The Hall–Kier alpha value is -0.590. The molecule has 3 heteroatoms. The maximum Gasteiger partial charge on any atom is 0.0622 e. The highest BCUT2D eigenvalue weighted by Crippen LogP contribution is 2.09. The lowest BCUT2D eigenvalue weighted by atomic mass is 10.1. The largest absolute Gasteiger partial charge is 0.395 e. The van der Waals surface area contributed by atoms with Crippen LogP contribution in [0.4, 0.5) is 0 Å². The van der Waals surface area contributed by atoms with Crippen molar-refractivity contribution in [1.82, 2.24) is 4.90 Å². The van der Waals surface area contributed by atoms with Crippen LogP contribution in [0.3, 0.4) is 0 Å². The lowest BCUT2D eigenvalue weighted by Crippen LogP contribution is -2.37. The summed E-state index contributed by atoms with van der Waals surface area (Å²) in [5, 5.41) is 17.4. The van der Waals surface area contributed by atoms with Gasteiger partial charge in [-0.05, 0) is 25.8 Å². The zero-order chi connectivity index (χ0) is 10.8. The summed E-state index contributed by atoms with van der Waals surface area (Å²) in [6.07, 6.45) is 3.75. The van der Waals surface area contributed by atoms with Gasteiger partial charge in [-0.1, -0.05) is 13.8 Å². The van der Waals surface area contributed by atoms with Gasteiger partial charge in [0, 0.05) is 19.0 Å². The quantitative estimate of drug-likeness (QED) is 0.605. The number of nitriles is 1. The second-order valence-corrected chi connectivity index (χ2v) is 3.49. The first-order valence-corrected chi connectivity index (χ1v) is 5.51. The molecule has 82 valence electrons. The molecule has 0 amide bonds. The number of rotatable bonds is 8. The van der Waals surface area contributed by atoms with E-state index in [0.717, 1.165) is 32.4 Å². The smallest absolute Gasteiger partial charge is 0.0622 e. The first-order valence-electron chi connectivity index (χ1n) is 5.51. The molecule has 0 saturated heterocycles. The maximum absolute atomic E-state index is 8.93. The topological polar surface area (TPSA) is 47.3 Å². The summed E-state index contributed by atoms with van der Waals surface area (Å²) in [6, 6.07) is 2.71. The fourth-order valence-corrected chi connectivity index (χ4v) is 1.77. The van der Waals surface area contributed by atoms with Gasteiger partial charge >= 0.3 is 0 Å². The molecule has 0 aliphatic rings. The average Bonchev–Trinajstić information content (AvgIpc) is 2.20. The van der Waals surface area contributed by atoms with Gasteiger partial charge in [-0.3, -0.25) is 4.90 Å². The highest BCUT2D eigenvalue weighted by Gasteiger charge is 2.13. The maximum atomic E-state index is 8.93. The molecular formula is C11H22N2O. The second-order valence-electron chi connectivity index (χ2n) is 3.49. The number of hydrogen-bond acceptors (Lipinski definition) is 3. The van der Waals surface area contributed by atoms with Crippen LogP contribution in [0.2, 0.25) is 0 Å². The lowest BCUT2D eigenvalue weighted by molar-refractivity contribution is 0.142. The Morgan fingerprint density at radius 1 is 1.29 bits per heavy atom. The van der Waals surface area contributed by atoms with E-state index in [9.17, 15) is 0 Å². The van der Waals surface area contributed by atoms with Crippen molar-refractivity contribution < 1.29 is 5.11 Å². The molecule has 0 radical (unpaired) electrons. The Morgan fingerprint density at radius 2 is 1.93 bits per heavy atom. The zero-order valence-electron chi connectivity index (χ0n) is 9.37. The third kappa shape index (κ3) is 5.21. The van der Waals surface area contributed by atoms with E-state index >= 15 is 0 Å². The van der Waals surface area contributed by atoms with Gasteiger partial charge in [-0.25, -0.2) is 0 Å². The monoisotopic (exact) mass is 198 g/mol. The highest BCUT2D eigenvalue weighted by molar-refractivity contribution is 4.73. The molecule has 0 aliphatic heterocycles. The van der Waals surface area contributed by atoms with Gasteiger partial charge in [-0.15, -0.1) is 0 Å². The molecule has 0 atom stereocenters. The molecule has 0 saturated carbocycles. The summed E-state index contributed by atoms with van der Waals surface area (Å²) in [5.74, 6) is 0. The molecule has 0 aromatic heterocycles. The molecule has 0 fully saturated rings. The van der Waals surface area contributed by atoms with Gasteiger partial charge < -0.3 is 5.11 Å². The normalized spacial score (nSPS) is 10.9. The van der Waals surface area contributed by atoms with Crippen molar-refractivity contribution in [2.75, 3.05) is 19.7 Å². The minimum Gasteiger partial charge on any atom is -0.395 e. The molecule has 14 heavy (non-hydrogen) atoms. The van der Waals surface area contributed by atoms with Crippen molar-refractivity contribution in [2.45, 2.75) is 45.6 Å². The first kappa shape index (κ1) is 13.4. The van der Waals surface area contributed by atoms with E-state index < -0.39 is 0 Å². The van der Waals surface area contributed by atoms with Gasteiger partial charge in [-0.2, -0.15) is 5.26 Å². The number of aliphatic hydroxyl groups excluding tert-OH is 1. The molecule has 0 aliphatic carbocycles. The molecule has 0 heterocycles. The van der Waals surface area contributed by atoms with E-state index in [0.29, 0.717) is 12.5 Å². The van der Waals surface area contributed by atoms with Crippen LogP contribution in [-0.4, -0.2) is 35.7 Å². The van der Waals surface area contributed by atoms with Crippen LogP contribution >= 0.6 is 0 Å². The highest BCUT2D eigenvalue weighted by atomic mass is 16.3. The van der Waals surface area contributed by atoms with E-state index in [2.05, 4.69) is 24.8 Å². The minimum absolute atomic E-state index is 0.211. The second kappa shape index (κ2) is 8.98. The minimum atomic E-state index is 0.211. The standard InChI is InChI=1S/C11H22N2O/c1-3-11(4-2)13(9-10-14)8-6-5-7-12/h11,14H,3-6,8-10H2,1-2H3. The molecule has 0 aromatic rings. The zero-order valence-corrected chi connectivity index (χ0v) is 9.37. The van der Waals surface area contributed by atoms with Crippen LogP contribution in [0.15, 0.2) is 0 Å². The van der Waals surface area contributed by atoms with Crippen molar-refractivity contribution in [1.29, 1.82) is 5.26 Å². The van der Waals surface area contributed by atoms with Crippen molar-refractivity contribution in [3.05, 3.63) is 0 Å². The van der Waals surface area contributed by atoms with Gasteiger partial charge in [0.2, 0.25) is 0 Å². The Morgan fingerprint density at radius 3 is 2.36 bits per heavy atom. The predicted octanol–water partition coefficient (Wildman–Crippen LogP) is 1.77. The Bertz CT molecular complexity index is 161. The van der Waals surface area contributed by atoms with Crippen LogP contribution in [0, 0.1) is 11.3 Å². The average molecular weight is 198 g/mol. The van der Waals surface area contributed by atoms with Gasteiger partial charge in [0.1, 0.15) is 0 Å². The Balaban J connectivity index is 3.92. The van der Waals surface area contributed by atoms with Crippen molar-refractivity contribution in [3.8, 4) is 6.07 Å². The summed E-state index contributed by atoms with van der Waals surface area (Å²) < 4.78 is 0. The molecule has 0 spiro atoms. The Labute approximate surface area is 87.3 Å². The van der Waals surface area contributed by atoms with E-state index in [1.54, 1.807) is 0 Å². The van der Waals surface area contributed by atoms with Crippen molar-refractivity contribution >= 4 is 0 Å². The number of hydrogen-bond donors (Lipinski definition) is 1. The van der Waals surface area contributed by atoms with E-state index in [4.69, 9.17) is 10.4 Å². The van der Waals surface area contributed by atoms with Crippen LogP contribution < -0.4 is 0 Å². The van der Waals surface area contributed by atoms with Crippen LogP contribution in [0.5, 0.6) is 0 Å². The molecule has 3 nitrogen and oxygen atoms in total. The fourth-order valence-electron chi connectivity index (χ4n) is 1.77. The molecule has 0 bridgehead atoms. The van der Waals surface area contributed by atoms with Crippen LogP contribution in [0.1, 0.15) is 39.5 Å². The van der Waals surface area contributed by atoms with Crippen molar-refractivity contribution in [3.63, 3.8) is 0 Å². The molecule has 0 aromatic carbocycles. The summed E-state index contributed by atoms with van der Waals surface area (Å²) in [4.78, 5) is 2.29.